The molecule has 0 radical (unpaired) electrons. The van der Waals surface area contributed by atoms with Crippen LogP contribution in [0, 0.1) is 11.8 Å². The van der Waals surface area contributed by atoms with Crippen molar-refractivity contribution in [2.24, 2.45) is 23.3 Å². The summed E-state index contributed by atoms with van der Waals surface area (Å²) in [6.07, 6.45) is 3.31. The van der Waals surface area contributed by atoms with Gasteiger partial charge in [-0.25, -0.2) is 9.59 Å². The van der Waals surface area contributed by atoms with Crippen molar-refractivity contribution in [1.29, 1.82) is 0 Å². The minimum Gasteiger partial charge on any atom is -0.384 e. The van der Waals surface area contributed by atoms with Gasteiger partial charge in [0, 0.05) is 0 Å². The molecule has 0 aliphatic heterocycles. The number of ether oxygens (including phenoxy) is 2. The van der Waals surface area contributed by atoms with Crippen LogP contribution in [-0.2, 0) is 38.2 Å². The van der Waals surface area contributed by atoms with Gasteiger partial charge in [-0.1, -0.05) is 40.5 Å². The van der Waals surface area contributed by atoms with Crippen LogP contribution in [0.2, 0.25) is 0 Å². The van der Waals surface area contributed by atoms with Gasteiger partial charge in [-0.3, -0.25) is 19.2 Å². The van der Waals surface area contributed by atoms with E-state index in [0.29, 0.717) is 38.8 Å². The van der Waals surface area contributed by atoms with E-state index in [4.69, 9.17) is 11.5 Å². The Morgan fingerprint density at radius 1 is 0.639 bits per heavy atom. The minimum absolute atomic E-state index is 0.175. The molecule has 0 spiro atoms. The first-order valence-electron chi connectivity index (χ1n) is 12.5. The van der Waals surface area contributed by atoms with Gasteiger partial charge >= 0.3 is 23.9 Å². The maximum absolute atomic E-state index is 12.2. The Hall–Kier alpha value is -2.86. The van der Waals surface area contributed by atoms with Crippen molar-refractivity contribution in [1.82, 2.24) is 10.6 Å². The molecule has 36 heavy (non-hydrogen) atoms. The van der Waals surface area contributed by atoms with E-state index in [9.17, 15) is 28.8 Å². The van der Waals surface area contributed by atoms with Crippen LogP contribution in [0.3, 0.4) is 0 Å². The van der Waals surface area contributed by atoms with Crippen LogP contribution in [0.5, 0.6) is 0 Å². The molecule has 0 aliphatic carbocycles. The number of primary amides is 2. The summed E-state index contributed by atoms with van der Waals surface area (Å²) >= 11 is 0. The number of rotatable bonds is 18. The van der Waals surface area contributed by atoms with Gasteiger partial charge in [0.1, 0.15) is 0 Å². The maximum atomic E-state index is 12.2. The molecule has 0 heterocycles. The van der Waals surface area contributed by atoms with E-state index in [1.165, 1.54) is 0 Å². The molecular weight excluding hydrogens is 472 g/mol. The molecule has 0 aromatic heterocycles. The number of nitrogens with one attached hydrogen (secondary N) is 2. The first-order chi connectivity index (χ1) is 17.0. The monoisotopic (exact) mass is 514 g/mol. The number of amides is 2. The van der Waals surface area contributed by atoms with Crippen LogP contribution in [0.25, 0.3) is 0 Å². The Balaban J connectivity index is 4.76. The largest absolute Gasteiger partial charge is 0.425 e. The summed E-state index contributed by atoms with van der Waals surface area (Å²) in [7, 11) is 0. The second kappa shape index (κ2) is 18.4. The van der Waals surface area contributed by atoms with Gasteiger partial charge in [-0.15, -0.1) is 0 Å². The number of nitrogens with two attached hydrogens (primary N) is 2. The normalized spacial score (nSPS) is 14.2. The Labute approximate surface area is 212 Å². The zero-order chi connectivity index (χ0) is 27.7. The summed E-state index contributed by atoms with van der Waals surface area (Å²) in [4.78, 5) is 71.0. The predicted octanol–water partition coefficient (Wildman–Crippen LogP) is 0.446. The summed E-state index contributed by atoms with van der Waals surface area (Å²) < 4.78 is 9.11. The Morgan fingerprint density at radius 3 is 1.22 bits per heavy atom. The van der Waals surface area contributed by atoms with Crippen molar-refractivity contribution >= 4 is 35.7 Å². The second-order valence-electron chi connectivity index (χ2n) is 8.78. The third-order valence-electron chi connectivity index (χ3n) is 5.69. The van der Waals surface area contributed by atoms with E-state index in [0.717, 1.165) is 12.8 Å². The number of hydrogen-bond donors (Lipinski definition) is 4. The van der Waals surface area contributed by atoms with Crippen LogP contribution in [0.1, 0.15) is 79.1 Å². The van der Waals surface area contributed by atoms with Crippen LogP contribution in [0.15, 0.2) is 0 Å². The Bertz CT molecular complexity index is 696. The van der Waals surface area contributed by atoms with Crippen LogP contribution < -0.4 is 22.1 Å². The third-order valence-corrected chi connectivity index (χ3v) is 5.69. The summed E-state index contributed by atoms with van der Waals surface area (Å²) in [5.41, 5.74) is 10.6. The molecule has 0 bridgehead atoms. The average Bonchev–Trinajstić information content (AvgIpc) is 2.79. The van der Waals surface area contributed by atoms with E-state index in [-0.39, 0.29) is 24.7 Å². The van der Waals surface area contributed by atoms with Crippen molar-refractivity contribution < 1.29 is 38.2 Å². The quantitative estimate of drug-likeness (QED) is 0.113. The summed E-state index contributed by atoms with van der Waals surface area (Å²) in [6, 6.07) is -1.09. The molecule has 0 unspecified atom stereocenters. The molecule has 0 rings (SSSR count). The highest BCUT2D eigenvalue weighted by Gasteiger charge is 2.27. The number of esters is 4. The first-order valence-corrected chi connectivity index (χ1v) is 12.5. The zero-order valence-corrected chi connectivity index (χ0v) is 21.8. The Morgan fingerprint density at radius 2 is 0.972 bits per heavy atom. The molecular formula is C24H42N4O8. The second-order valence-corrected chi connectivity index (χ2v) is 8.78. The molecule has 6 N–H and O–H groups in total. The molecule has 2 amide bonds. The van der Waals surface area contributed by atoms with E-state index in [1.54, 1.807) is 13.8 Å². The molecule has 4 atom stereocenters. The highest BCUT2D eigenvalue weighted by atomic mass is 16.6. The first kappa shape index (κ1) is 33.1. The minimum atomic E-state index is -1.58. The van der Waals surface area contributed by atoms with Gasteiger partial charge < -0.3 is 31.6 Å². The topological polar surface area (TPSA) is 197 Å². The van der Waals surface area contributed by atoms with E-state index in [2.05, 4.69) is 20.1 Å². The summed E-state index contributed by atoms with van der Waals surface area (Å²) in [5.74, 6) is -6.56. The highest BCUT2D eigenvalue weighted by Crippen LogP contribution is 2.14. The highest BCUT2D eigenvalue weighted by molar-refractivity contribution is 6.33. The lowest BCUT2D eigenvalue weighted by Crippen LogP contribution is -2.43. The number of carbonyl (C=O) groups excluding carboxylic acids is 6. The smallest absolute Gasteiger partial charge is 0.384 e. The molecule has 0 saturated carbocycles. The molecule has 12 nitrogen and oxygen atoms in total. The number of carbonyl (C=O) groups is 6. The summed E-state index contributed by atoms with van der Waals surface area (Å²) in [6.45, 7) is 8.00. The van der Waals surface area contributed by atoms with Crippen molar-refractivity contribution in [3.05, 3.63) is 0 Å². The van der Waals surface area contributed by atoms with Crippen molar-refractivity contribution in [2.45, 2.75) is 91.1 Å². The SMILES string of the molecule is CCC[C@@H](CN[C@@H](CC)C(N)=O)CC(=O)OC(=O)C(=O)OC(=O)C[C@@H](CCC)CN[C@@H](CC)C(N)=O. The molecule has 0 fully saturated rings. The van der Waals surface area contributed by atoms with E-state index >= 15 is 0 Å². The number of hydrogen-bond acceptors (Lipinski definition) is 10. The van der Waals surface area contributed by atoms with Crippen LogP contribution >= 0.6 is 0 Å². The fraction of sp³-hybridized carbons (Fsp3) is 0.750. The van der Waals surface area contributed by atoms with Crippen molar-refractivity contribution in [3.63, 3.8) is 0 Å². The Kier molecular flexibility index (Phi) is 17.0. The molecule has 0 aromatic carbocycles. The molecule has 0 saturated heterocycles. The lowest BCUT2D eigenvalue weighted by atomic mass is 9.99. The zero-order valence-electron chi connectivity index (χ0n) is 21.8. The molecule has 206 valence electrons. The molecule has 0 aromatic rings. The van der Waals surface area contributed by atoms with Crippen LogP contribution in [0.4, 0.5) is 0 Å². The van der Waals surface area contributed by atoms with Gasteiger partial charge in [0.25, 0.3) is 0 Å². The van der Waals surface area contributed by atoms with Gasteiger partial charge in [0.05, 0.1) is 24.9 Å². The van der Waals surface area contributed by atoms with E-state index in [1.807, 2.05) is 13.8 Å². The fourth-order valence-electron chi connectivity index (χ4n) is 3.72. The van der Waals surface area contributed by atoms with E-state index < -0.39 is 47.8 Å². The van der Waals surface area contributed by atoms with Crippen molar-refractivity contribution in [3.8, 4) is 0 Å². The summed E-state index contributed by atoms with van der Waals surface area (Å²) in [5, 5.41) is 5.96. The van der Waals surface area contributed by atoms with Gasteiger partial charge in [-0.2, -0.15) is 0 Å². The fourth-order valence-corrected chi connectivity index (χ4v) is 3.72. The molecule has 12 heteroatoms. The van der Waals surface area contributed by atoms with Crippen molar-refractivity contribution in [2.75, 3.05) is 13.1 Å². The lowest BCUT2D eigenvalue weighted by molar-refractivity contribution is -0.178. The standard InChI is InChI=1S/C24H42N4O8/c1-5-9-15(13-27-17(7-3)21(25)31)11-19(29)35-23(33)24(34)36-20(30)12-16(10-6-2)14-28-18(8-4)22(26)32/h15-18,27-28H,5-14H2,1-4H3,(H2,25,31)(H2,26,32)/t15-,16-,17+,18+/m1/s1. The van der Waals surface area contributed by atoms with Gasteiger partial charge in [-0.05, 0) is 50.6 Å². The third kappa shape index (κ3) is 13.9. The van der Waals surface area contributed by atoms with Gasteiger partial charge in [0.15, 0.2) is 0 Å². The van der Waals surface area contributed by atoms with Gasteiger partial charge in [0.2, 0.25) is 11.8 Å². The molecule has 0 aliphatic rings. The lowest BCUT2D eigenvalue weighted by Gasteiger charge is -2.20. The maximum Gasteiger partial charge on any atom is 0.425 e. The predicted molar refractivity (Wildman–Crippen MR) is 131 cm³/mol. The average molecular weight is 515 g/mol. The van der Waals surface area contributed by atoms with Crippen LogP contribution in [-0.4, -0.2) is 60.9 Å².